The van der Waals surface area contributed by atoms with Gasteiger partial charge in [-0.05, 0) is 42.5 Å². The van der Waals surface area contributed by atoms with E-state index in [0.717, 1.165) is 12.1 Å². The number of aromatic carboxylic acids is 3. The van der Waals surface area contributed by atoms with Crippen molar-refractivity contribution in [3.05, 3.63) is 69.8 Å². The first-order valence-electron chi connectivity index (χ1n) is 10.7. The van der Waals surface area contributed by atoms with Crippen molar-refractivity contribution in [2.24, 2.45) is 0 Å². The molecule has 0 saturated heterocycles. The summed E-state index contributed by atoms with van der Waals surface area (Å²) in [4.78, 5) is 73.7. The van der Waals surface area contributed by atoms with Gasteiger partial charge >= 0.3 is 0 Å². The van der Waals surface area contributed by atoms with Crippen LogP contribution in [0.25, 0.3) is 45.4 Å². The highest BCUT2D eigenvalue weighted by Crippen LogP contribution is 2.34. The van der Waals surface area contributed by atoms with E-state index in [4.69, 9.17) is 0 Å². The summed E-state index contributed by atoms with van der Waals surface area (Å²) in [6.45, 7) is 0. The molecule has 14 heteroatoms. The number of hydrogen-bond donors (Lipinski definition) is 2. The Balaban J connectivity index is 2.13. The molecule has 0 aliphatic carbocycles. The van der Waals surface area contributed by atoms with Gasteiger partial charge in [0.2, 0.25) is 0 Å². The molecule has 0 amide bonds. The van der Waals surface area contributed by atoms with Gasteiger partial charge in [0.05, 0.1) is 63.7 Å². The molecule has 2 N–H and O–H groups in total. The van der Waals surface area contributed by atoms with Crippen LogP contribution < -0.4 is 25.5 Å². The molecule has 0 aromatic carbocycles. The third-order valence-electron chi connectivity index (χ3n) is 5.81. The van der Waals surface area contributed by atoms with Crippen molar-refractivity contribution in [2.45, 2.75) is 0 Å². The highest BCUT2D eigenvalue weighted by atomic mass is 16.4. The van der Waals surface area contributed by atoms with E-state index in [1.165, 1.54) is 12.1 Å². The monoisotopic (exact) mass is 525 g/mol. The summed E-state index contributed by atoms with van der Waals surface area (Å²) in [5.41, 5.74) is -8.01. The second-order valence-electron chi connectivity index (χ2n) is 8.17. The lowest BCUT2D eigenvalue weighted by Crippen LogP contribution is -2.31. The minimum atomic E-state index is -2.24. The number of aromatic amines is 2. The van der Waals surface area contributed by atoms with E-state index >= 15 is 0 Å². The predicted molar refractivity (Wildman–Crippen MR) is 120 cm³/mol. The van der Waals surface area contributed by atoms with Gasteiger partial charge in [0.25, 0.3) is 0 Å². The summed E-state index contributed by atoms with van der Waals surface area (Å²) in [5, 5.41) is 60.4. The zero-order valence-corrected chi connectivity index (χ0v) is 19.0. The number of nitrogens with one attached hydrogen (secondary N) is 2. The third kappa shape index (κ3) is 4.07. The van der Waals surface area contributed by atoms with Gasteiger partial charge < -0.3 is 59.5 Å². The number of aromatic nitrogens is 4. The number of carboxylic acids is 5. The number of carboxylic acid groups (broad SMARTS) is 5. The highest BCUT2D eigenvalue weighted by Gasteiger charge is 2.27. The first-order valence-corrected chi connectivity index (χ1v) is 10.7. The smallest absolute Gasteiger partial charge is 0.0847 e. The molecule has 14 nitrogen and oxygen atoms in total. The van der Waals surface area contributed by atoms with Crippen molar-refractivity contribution in [2.75, 3.05) is 0 Å². The molecule has 5 heterocycles. The van der Waals surface area contributed by atoms with Crippen LogP contribution in [-0.4, -0.2) is 49.8 Å². The molecule has 2 aliphatic heterocycles. The van der Waals surface area contributed by atoms with E-state index in [0.29, 0.717) is 11.2 Å². The molecule has 0 fully saturated rings. The molecule has 0 saturated carbocycles. The van der Waals surface area contributed by atoms with E-state index in [1.807, 2.05) is 0 Å². The van der Waals surface area contributed by atoms with Crippen LogP contribution in [0, 0.1) is 0 Å². The van der Waals surface area contributed by atoms with Crippen LogP contribution in [0.15, 0.2) is 30.3 Å². The Labute approximate surface area is 214 Å². The average molecular weight is 525 g/mol. The molecule has 3 aromatic rings. The van der Waals surface area contributed by atoms with Gasteiger partial charge in [0.15, 0.2) is 0 Å². The Kier molecular flexibility index (Phi) is 5.56. The van der Waals surface area contributed by atoms with Gasteiger partial charge in [-0.3, -0.25) is 0 Å². The van der Waals surface area contributed by atoms with Crippen molar-refractivity contribution < 1.29 is 49.5 Å². The summed E-state index contributed by atoms with van der Waals surface area (Å²) >= 11 is 0. The lowest BCUT2D eigenvalue weighted by atomic mass is 10.00. The fourth-order valence-corrected chi connectivity index (χ4v) is 4.33. The van der Waals surface area contributed by atoms with E-state index in [2.05, 4.69) is 19.9 Å². The van der Waals surface area contributed by atoms with Crippen LogP contribution >= 0.6 is 0 Å². The average Bonchev–Trinajstić information content (AvgIpc) is 3.60. The van der Waals surface area contributed by atoms with Gasteiger partial charge in [-0.2, -0.15) is 0 Å². The normalized spacial score (nSPS) is 12.4. The van der Waals surface area contributed by atoms with E-state index < -0.39 is 80.1 Å². The van der Waals surface area contributed by atoms with Crippen molar-refractivity contribution >= 4 is 75.2 Å². The predicted octanol–water partition coefficient (Wildman–Crippen LogP) is -4.01. The number of carbonyl (C=O) groups is 5. The van der Waals surface area contributed by atoms with Gasteiger partial charge in [-0.15, -0.1) is 0 Å². The van der Waals surface area contributed by atoms with Gasteiger partial charge in [0.1, 0.15) is 0 Å². The maximum atomic E-state index is 12.3. The van der Waals surface area contributed by atoms with Crippen molar-refractivity contribution in [3.63, 3.8) is 0 Å². The standard InChI is InChI=1S/C25H14N4O10/c30-21(31)14-12-6-10-3-1-8(26-10)5-9-2-4-11(27-9)7-13-15(22(32)33)17(24(36)37)20(29-13)18(25(38)39)19(28-12)16(14)23(34)35/h1-7,26,29H,(H,30,31)(H,32,33)(H,34,35)(H,36,37)(H,38,39)/p-5. The SMILES string of the molecule is O=C([O-])C1=C(C(=O)[O-])c2nc1cc1ccc(cc3nc(cc4[nH]c(c2C(=O)[O-])c(C(=O)[O-])c4C(=O)[O-])C=C3)[nH]1. The Bertz CT molecular complexity index is 1910. The molecule has 39 heavy (non-hydrogen) atoms. The van der Waals surface area contributed by atoms with Crippen molar-refractivity contribution in [1.82, 2.24) is 19.9 Å². The lowest BCUT2D eigenvalue weighted by Gasteiger charge is -2.14. The molecule has 0 unspecified atom stereocenters. The van der Waals surface area contributed by atoms with Crippen LogP contribution in [0.1, 0.15) is 53.8 Å². The minimum Gasteiger partial charge on any atom is -0.545 e. The molecule has 0 spiro atoms. The zero-order chi connectivity index (χ0) is 28.2. The van der Waals surface area contributed by atoms with Gasteiger partial charge in [0, 0.05) is 38.9 Å². The number of aliphatic carboxylic acids is 2. The van der Waals surface area contributed by atoms with E-state index in [1.54, 1.807) is 18.2 Å². The van der Waals surface area contributed by atoms with Crippen LogP contribution in [0.5, 0.6) is 0 Å². The molecule has 3 aromatic heterocycles. The number of rotatable bonds is 5. The van der Waals surface area contributed by atoms with E-state index in [9.17, 15) is 49.5 Å². The fourth-order valence-electron chi connectivity index (χ4n) is 4.33. The first-order chi connectivity index (χ1) is 18.5. The Morgan fingerprint density at radius 2 is 1.15 bits per heavy atom. The van der Waals surface area contributed by atoms with Crippen LogP contribution in [0.4, 0.5) is 0 Å². The molecule has 8 bridgehead atoms. The maximum absolute atomic E-state index is 12.3. The van der Waals surface area contributed by atoms with Gasteiger partial charge in [-0.1, -0.05) is 0 Å². The molecular weight excluding hydrogens is 516 g/mol. The number of fused-ring (bicyclic) bond motifs is 8. The van der Waals surface area contributed by atoms with Crippen molar-refractivity contribution in [3.8, 4) is 0 Å². The van der Waals surface area contributed by atoms with Crippen LogP contribution in [-0.2, 0) is 9.59 Å². The maximum Gasteiger partial charge on any atom is 0.0847 e. The number of hydrogen-bond acceptors (Lipinski definition) is 12. The summed E-state index contributed by atoms with van der Waals surface area (Å²) in [7, 11) is 0. The molecule has 2 aliphatic rings. The lowest BCUT2D eigenvalue weighted by molar-refractivity contribution is -0.299. The summed E-state index contributed by atoms with van der Waals surface area (Å²) in [5.74, 6) is -10.8. The largest absolute Gasteiger partial charge is 0.545 e. The Hall–Kier alpha value is -6.05. The second-order valence-corrected chi connectivity index (χ2v) is 8.17. The minimum absolute atomic E-state index is 0.116. The molecular formula is C25H9N4O10-5. The summed E-state index contributed by atoms with van der Waals surface area (Å²) in [6.07, 6.45) is 2.99. The van der Waals surface area contributed by atoms with Gasteiger partial charge in [-0.25, -0.2) is 9.97 Å². The molecule has 194 valence electrons. The van der Waals surface area contributed by atoms with Crippen LogP contribution in [0.2, 0.25) is 0 Å². The zero-order valence-electron chi connectivity index (χ0n) is 19.0. The number of H-pyrrole nitrogens is 2. The third-order valence-corrected chi connectivity index (χ3v) is 5.81. The molecule has 0 radical (unpaired) electrons. The number of nitrogens with zero attached hydrogens (tertiary/aromatic N) is 2. The van der Waals surface area contributed by atoms with Crippen LogP contribution in [0.3, 0.4) is 0 Å². The Morgan fingerprint density at radius 1 is 0.590 bits per heavy atom. The van der Waals surface area contributed by atoms with Crippen molar-refractivity contribution in [1.29, 1.82) is 0 Å². The fraction of sp³-hybridized carbons (Fsp3) is 0. The topological polar surface area (TPSA) is 258 Å². The Morgan fingerprint density at radius 3 is 1.72 bits per heavy atom. The molecule has 0 atom stereocenters. The first kappa shape index (κ1) is 24.6. The quantitative estimate of drug-likeness (QED) is 0.252. The molecule has 5 rings (SSSR count). The summed E-state index contributed by atoms with van der Waals surface area (Å²) in [6, 6.07) is 6.75. The second kappa shape index (κ2) is 8.81. The summed E-state index contributed by atoms with van der Waals surface area (Å²) < 4.78 is 0. The number of carbonyl (C=O) groups excluding carboxylic acids is 5. The van der Waals surface area contributed by atoms with E-state index in [-0.39, 0.29) is 11.2 Å². The highest BCUT2D eigenvalue weighted by molar-refractivity contribution is 6.37.